The molecule has 19 heavy (non-hydrogen) atoms. The summed E-state index contributed by atoms with van der Waals surface area (Å²) in [6, 6.07) is 0.671. The van der Waals surface area contributed by atoms with E-state index >= 15 is 0 Å². The van der Waals surface area contributed by atoms with Gasteiger partial charge in [-0.05, 0) is 58.0 Å². The van der Waals surface area contributed by atoms with Crippen LogP contribution in [0.5, 0.6) is 0 Å². The van der Waals surface area contributed by atoms with Crippen LogP contribution in [0.15, 0.2) is 0 Å². The molecule has 0 amide bonds. The third-order valence-electron chi connectivity index (χ3n) is 5.37. The second-order valence-electron chi connectivity index (χ2n) is 6.84. The number of hydrogen-bond acceptors (Lipinski definition) is 3. The normalized spacial score (nSPS) is 37.4. The van der Waals surface area contributed by atoms with Crippen molar-refractivity contribution in [3.63, 3.8) is 0 Å². The smallest absolute Gasteiger partial charge is 0.0771 e. The number of hydrogen-bond donors (Lipinski definition) is 2. The monoisotopic (exact) mass is 268 g/mol. The van der Waals surface area contributed by atoms with Gasteiger partial charge in [0, 0.05) is 19.1 Å². The average Bonchev–Trinajstić information content (AvgIpc) is 2.42. The van der Waals surface area contributed by atoms with E-state index in [0.29, 0.717) is 6.04 Å². The van der Waals surface area contributed by atoms with Crippen molar-refractivity contribution >= 4 is 0 Å². The van der Waals surface area contributed by atoms with E-state index in [1.807, 2.05) is 0 Å². The molecule has 1 heterocycles. The molecule has 2 rings (SSSR count). The van der Waals surface area contributed by atoms with Gasteiger partial charge in [0.25, 0.3) is 0 Å². The van der Waals surface area contributed by atoms with Gasteiger partial charge in [-0.25, -0.2) is 0 Å². The molecule has 0 aromatic rings. The minimum Gasteiger partial charge on any atom is -0.389 e. The van der Waals surface area contributed by atoms with E-state index in [9.17, 15) is 5.11 Å². The highest BCUT2D eigenvalue weighted by molar-refractivity contribution is 4.88. The first-order valence-electron chi connectivity index (χ1n) is 8.26. The molecule has 0 spiro atoms. The van der Waals surface area contributed by atoms with Crippen molar-refractivity contribution in [3.05, 3.63) is 0 Å². The van der Waals surface area contributed by atoms with Gasteiger partial charge in [0.05, 0.1) is 5.60 Å². The molecule has 0 bridgehead atoms. The van der Waals surface area contributed by atoms with E-state index < -0.39 is 5.60 Å². The van der Waals surface area contributed by atoms with Crippen LogP contribution >= 0.6 is 0 Å². The molecular formula is C16H32N2O. The van der Waals surface area contributed by atoms with Gasteiger partial charge >= 0.3 is 0 Å². The van der Waals surface area contributed by atoms with Crippen molar-refractivity contribution in [1.29, 1.82) is 0 Å². The lowest BCUT2D eigenvalue weighted by molar-refractivity contribution is -0.00989. The van der Waals surface area contributed by atoms with Gasteiger partial charge in [-0.1, -0.05) is 19.8 Å². The van der Waals surface area contributed by atoms with Gasteiger partial charge < -0.3 is 15.3 Å². The topological polar surface area (TPSA) is 35.5 Å². The van der Waals surface area contributed by atoms with E-state index in [-0.39, 0.29) is 0 Å². The van der Waals surface area contributed by atoms with Crippen molar-refractivity contribution in [2.75, 3.05) is 26.7 Å². The van der Waals surface area contributed by atoms with Crippen molar-refractivity contribution < 1.29 is 5.11 Å². The quantitative estimate of drug-likeness (QED) is 0.803. The molecule has 0 aromatic heterocycles. The molecule has 2 aliphatic rings. The summed E-state index contributed by atoms with van der Waals surface area (Å²) in [6.45, 7) is 5.32. The fraction of sp³-hybridized carbons (Fsp3) is 1.00. The SMILES string of the molecule is CCC1CCC(O)(CNCC2CCCCN2C)CC1. The lowest BCUT2D eigenvalue weighted by atomic mass is 9.78. The van der Waals surface area contributed by atoms with Gasteiger partial charge in [-0.15, -0.1) is 0 Å². The summed E-state index contributed by atoms with van der Waals surface area (Å²) >= 11 is 0. The first-order chi connectivity index (χ1) is 9.13. The molecule has 1 aliphatic heterocycles. The molecule has 1 saturated heterocycles. The molecule has 2 N–H and O–H groups in total. The van der Waals surface area contributed by atoms with Crippen LogP contribution in [0, 0.1) is 5.92 Å². The van der Waals surface area contributed by atoms with Crippen LogP contribution in [0.3, 0.4) is 0 Å². The molecule has 1 unspecified atom stereocenters. The second-order valence-corrected chi connectivity index (χ2v) is 6.84. The summed E-state index contributed by atoms with van der Waals surface area (Å²) in [4.78, 5) is 2.47. The average molecular weight is 268 g/mol. The predicted octanol–water partition coefficient (Wildman–Crippen LogP) is 2.39. The van der Waals surface area contributed by atoms with Crippen molar-refractivity contribution in [2.24, 2.45) is 5.92 Å². The second kappa shape index (κ2) is 7.05. The Morgan fingerprint density at radius 2 is 1.95 bits per heavy atom. The third kappa shape index (κ3) is 4.44. The van der Waals surface area contributed by atoms with Gasteiger partial charge in [0.1, 0.15) is 0 Å². The van der Waals surface area contributed by atoms with Crippen molar-refractivity contribution in [1.82, 2.24) is 10.2 Å². The van der Waals surface area contributed by atoms with Crippen LogP contribution < -0.4 is 5.32 Å². The van der Waals surface area contributed by atoms with E-state index in [0.717, 1.165) is 31.8 Å². The molecule has 1 atom stereocenters. The highest BCUT2D eigenvalue weighted by Crippen LogP contribution is 2.33. The lowest BCUT2D eigenvalue weighted by Gasteiger charge is -2.37. The molecule has 3 heteroatoms. The largest absolute Gasteiger partial charge is 0.389 e. The maximum absolute atomic E-state index is 10.6. The number of nitrogens with one attached hydrogen (secondary N) is 1. The standard InChI is InChI=1S/C16H32N2O/c1-3-14-7-9-16(19,10-8-14)13-17-12-15-6-4-5-11-18(15)2/h14-15,17,19H,3-13H2,1-2H3. The first-order valence-corrected chi connectivity index (χ1v) is 8.26. The number of aliphatic hydroxyl groups is 1. The Balaban J connectivity index is 1.67. The molecule has 1 aliphatic carbocycles. The van der Waals surface area contributed by atoms with E-state index in [2.05, 4.69) is 24.2 Å². The number of likely N-dealkylation sites (N-methyl/N-ethyl adjacent to an activating group) is 1. The van der Waals surface area contributed by atoms with Crippen LogP contribution in [0.25, 0.3) is 0 Å². The zero-order valence-corrected chi connectivity index (χ0v) is 12.8. The first kappa shape index (κ1) is 15.3. The zero-order valence-electron chi connectivity index (χ0n) is 12.8. The van der Waals surface area contributed by atoms with Crippen LogP contribution in [-0.4, -0.2) is 48.3 Å². The zero-order chi connectivity index (χ0) is 13.7. The summed E-state index contributed by atoms with van der Waals surface area (Å²) < 4.78 is 0. The van der Waals surface area contributed by atoms with Crippen LogP contribution in [0.2, 0.25) is 0 Å². The minimum absolute atomic E-state index is 0.432. The molecule has 2 fully saturated rings. The third-order valence-corrected chi connectivity index (χ3v) is 5.37. The highest BCUT2D eigenvalue weighted by Gasteiger charge is 2.32. The number of nitrogens with zero attached hydrogens (tertiary/aromatic N) is 1. The Morgan fingerprint density at radius 3 is 2.58 bits per heavy atom. The summed E-state index contributed by atoms with van der Waals surface area (Å²) in [5.41, 5.74) is -0.432. The maximum Gasteiger partial charge on any atom is 0.0771 e. The number of likely N-dealkylation sites (tertiary alicyclic amines) is 1. The number of piperidine rings is 1. The summed E-state index contributed by atoms with van der Waals surface area (Å²) in [7, 11) is 2.23. The Labute approximate surface area is 118 Å². The highest BCUT2D eigenvalue weighted by atomic mass is 16.3. The maximum atomic E-state index is 10.6. The molecule has 3 nitrogen and oxygen atoms in total. The van der Waals surface area contributed by atoms with E-state index in [4.69, 9.17) is 0 Å². The fourth-order valence-corrected chi connectivity index (χ4v) is 3.67. The van der Waals surface area contributed by atoms with Crippen LogP contribution in [0.1, 0.15) is 58.3 Å². The fourth-order valence-electron chi connectivity index (χ4n) is 3.67. The summed E-state index contributed by atoms with van der Waals surface area (Å²) in [5, 5.41) is 14.1. The molecule has 0 aromatic carbocycles. The molecule has 112 valence electrons. The molecular weight excluding hydrogens is 236 g/mol. The summed E-state index contributed by atoms with van der Waals surface area (Å²) in [6.07, 6.45) is 9.67. The predicted molar refractivity (Wildman–Crippen MR) is 80.3 cm³/mol. The minimum atomic E-state index is -0.432. The van der Waals surface area contributed by atoms with Crippen LogP contribution in [0.4, 0.5) is 0 Å². The molecule has 1 saturated carbocycles. The van der Waals surface area contributed by atoms with Gasteiger partial charge in [0.15, 0.2) is 0 Å². The van der Waals surface area contributed by atoms with Gasteiger partial charge in [0.2, 0.25) is 0 Å². The Kier molecular flexibility index (Phi) is 5.67. The van der Waals surface area contributed by atoms with Gasteiger partial charge in [-0.2, -0.15) is 0 Å². The van der Waals surface area contributed by atoms with E-state index in [1.54, 1.807) is 0 Å². The van der Waals surface area contributed by atoms with E-state index in [1.165, 1.54) is 45.1 Å². The van der Waals surface area contributed by atoms with Crippen molar-refractivity contribution in [3.8, 4) is 0 Å². The van der Waals surface area contributed by atoms with Crippen LogP contribution in [-0.2, 0) is 0 Å². The van der Waals surface area contributed by atoms with Crippen molar-refractivity contribution in [2.45, 2.75) is 69.9 Å². The lowest BCUT2D eigenvalue weighted by Crippen LogP contribution is -2.48. The summed E-state index contributed by atoms with van der Waals surface area (Å²) in [5.74, 6) is 0.852. The Bertz CT molecular complexity index is 261. The Morgan fingerprint density at radius 1 is 1.21 bits per heavy atom. The number of rotatable bonds is 5. The Hall–Kier alpha value is -0.120. The van der Waals surface area contributed by atoms with Gasteiger partial charge in [-0.3, -0.25) is 0 Å². The molecule has 0 radical (unpaired) electrons.